The number of β-amino-alcohol motifs (C(OH)–C–C–N with tert-alkyl or cyclic N) is 1. The number of aliphatic hydroxyl groups excluding tert-OH is 1. The Hall–Kier alpha value is -4.88. The highest BCUT2D eigenvalue weighted by Crippen LogP contribution is 2.35. The molecule has 2 saturated heterocycles. The van der Waals surface area contributed by atoms with Crippen LogP contribution in [0.25, 0.3) is 21.7 Å². The van der Waals surface area contributed by atoms with Crippen LogP contribution in [0.5, 0.6) is 5.75 Å². The van der Waals surface area contributed by atoms with Crippen LogP contribution < -0.4 is 16.0 Å². The number of nitrogens with two attached hydrogens (primary N) is 1. The van der Waals surface area contributed by atoms with Crippen LogP contribution in [0.4, 0.5) is 11.5 Å². The van der Waals surface area contributed by atoms with Crippen molar-refractivity contribution in [3.63, 3.8) is 0 Å². The highest BCUT2D eigenvalue weighted by Gasteiger charge is 2.44. The van der Waals surface area contributed by atoms with Crippen LogP contribution in [0.2, 0.25) is 0 Å². The third-order valence-corrected chi connectivity index (χ3v) is 11.7. The Balaban J connectivity index is 1.06. The molecule has 0 spiro atoms. The fourth-order valence-electron chi connectivity index (χ4n) is 7.60. The lowest BCUT2D eigenvalue weighted by atomic mass is 9.84. The van der Waals surface area contributed by atoms with E-state index in [1.807, 2.05) is 64.4 Å². The Bertz CT molecular complexity index is 1970. The molecule has 0 saturated carbocycles. The first-order valence-corrected chi connectivity index (χ1v) is 19.5. The number of para-hydroxylation sites is 1. The van der Waals surface area contributed by atoms with E-state index in [2.05, 4.69) is 37.5 Å². The topological polar surface area (TPSA) is 175 Å². The lowest BCUT2D eigenvalue weighted by Crippen LogP contribution is -2.57. The number of carbonyl (C=O) groups excluding carboxylic acids is 3. The molecule has 2 amide bonds. The van der Waals surface area contributed by atoms with Gasteiger partial charge in [-0.2, -0.15) is 0 Å². The molecule has 4 heterocycles. The number of phenols is 1. The molecule has 6 rings (SSSR count). The van der Waals surface area contributed by atoms with Gasteiger partial charge in [-0.3, -0.25) is 14.4 Å². The number of benzene rings is 2. The first-order valence-electron chi connectivity index (χ1n) is 18.7. The summed E-state index contributed by atoms with van der Waals surface area (Å²) in [5, 5.41) is 32.4. The van der Waals surface area contributed by atoms with Gasteiger partial charge in [0.15, 0.2) is 11.6 Å². The van der Waals surface area contributed by atoms with E-state index in [1.54, 1.807) is 29.5 Å². The van der Waals surface area contributed by atoms with Crippen LogP contribution in [0, 0.1) is 18.3 Å². The van der Waals surface area contributed by atoms with Gasteiger partial charge in [-0.25, -0.2) is 4.98 Å². The molecule has 286 valence electrons. The number of hydrogen-bond acceptors (Lipinski definition) is 11. The lowest BCUT2D eigenvalue weighted by Gasteiger charge is -2.36. The van der Waals surface area contributed by atoms with Crippen LogP contribution in [0.15, 0.2) is 60.1 Å². The number of aliphatic hydroxyl groups is 1. The number of carbonyl (C=O) groups is 3. The number of hydrogen-bond donors (Lipinski definition) is 4. The molecule has 5 N–H and O–H groups in total. The first kappa shape index (κ1) is 38.8. The number of Topliss-reactive ketones (excluding diaryl/α,β-unsaturated/α-hetero) is 1. The van der Waals surface area contributed by atoms with E-state index in [4.69, 9.17) is 5.73 Å². The van der Waals surface area contributed by atoms with Gasteiger partial charge < -0.3 is 31.1 Å². The van der Waals surface area contributed by atoms with Crippen molar-refractivity contribution in [2.45, 2.75) is 90.8 Å². The number of aryl methyl sites for hydroxylation is 1. The molecular weight excluding hydrogens is 703 g/mol. The zero-order valence-electron chi connectivity index (χ0n) is 31.7. The second-order valence-corrected chi connectivity index (χ2v) is 16.7. The number of nitrogens with one attached hydrogen (secondary N) is 1. The van der Waals surface area contributed by atoms with E-state index in [-0.39, 0.29) is 61.0 Å². The molecular formula is C41H51N7O5S. The number of piperidine rings is 1. The quantitative estimate of drug-likeness (QED) is 0.148. The number of ketones is 1. The maximum atomic E-state index is 14.2. The van der Waals surface area contributed by atoms with Crippen LogP contribution in [-0.2, 0) is 14.4 Å². The summed E-state index contributed by atoms with van der Waals surface area (Å²) in [7, 11) is 0. The minimum Gasteiger partial charge on any atom is -0.507 e. The second kappa shape index (κ2) is 16.2. The molecule has 2 fully saturated rings. The number of aromatic nitrogens is 3. The Kier molecular flexibility index (Phi) is 11.7. The number of likely N-dealkylation sites (tertiary alicyclic amines) is 1. The van der Waals surface area contributed by atoms with Crippen LogP contribution in [0.1, 0.15) is 77.0 Å². The van der Waals surface area contributed by atoms with Gasteiger partial charge in [-0.1, -0.05) is 64.1 Å². The maximum Gasteiger partial charge on any atom is 0.246 e. The predicted molar refractivity (Wildman–Crippen MR) is 211 cm³/mol. The normalized spacial score (nSPS) is 19.1. The molecule has 0 aliphatic carbocycles. The second-order valence-electron chi connectivity index (χ2n) is 15.9. The number of thiazole rings is 1. The minimum absolute atomic E-state index is 0.0476. The minimum atomic E-state index is -0.874. The van der Waals surface area contributed by atoms with Crippen LogP contribution >= 0.6 is 11.3 Å². The van der Waals surface area contributed by atoms with Crippen molar-refractivity contribution in [3.05, 3.63) is 71.4 Å². The molecule has 0 bridgehead atoms. The Labute approximate surface area is 320 Å². The number of aromatic hydroxyl groups is 1. The van der Waals surface area contributed by atoms with Gasteiger partial charge in [0, 0.05) is 44.5 Å². The van der Waals surface area contributed by atoms with Gasteiger partial charge in [0.25, 0.3) is 0 Å². The van der Waals surface area contributed by atoms with Crippen molar-refractivity contribution >= 4 is 40.4 Å². The summed E-state index contributed by atoms with van der Waals surface area (Å²) >= 11 is 1.60. The largest absolute Gasteiger partial charge is 0.507 e. The molecule has 4 aromatic rings. The summed E-state index contributed by atoms with van der Waals surface area (Å²) in [4.78, 5) is 50.6. The average Bonchev–Trinajstić information content (AvgIpc) is 3.76. The van der Waals surface area contributed by atoms with E-state index in [9.17, 15) is 24.6 Å². The summed E-state index contributed by atoms with van der Waals surface area (Å²) in [5.41, 5.74) is 12.3. The maximum absolute atomic E-state index is 14.2. The average molecular weight is 754 g/mol. The lowest BCUT2D eigenvalue weighted by molar-refractivity contribution is -0.143. The van der Waals surface area contributed by atoms with Crippen molar-refractivity contribution in [2.75, 3.05) is 30.3 Å². The third-order valence-electron chi connectivity index (χ3n) is 10.8. The fraction of sp³-hybridized carbons (Fsp3) is 0.463. The highest BCUT2D eigenvalue weighted by molar-refractivity contribution is 7.13. The van der Waals surface area contributed by atoms with Gasteiger partial charge in [0.1, 0.15) is 11.8 Å². The van der Waals surface area contributed by atoms with Gasteiger partial charge in [-0.05, 0) is 66.3 Å². The summed E-state index contributed by atoms with van der Waals surface area (Å²) in [6.07, 6.45) is 1.30. The predicted octanol–water partition coefficient (Wildman–Crippen LogP) is 5.73. The molecule has 13 heteroatoms. The fourth-order valence-corrected chi connectivity index (χ4v) is 8.41. The van der Waals surface area contributed by atoms with Crippen molar-refractivity contribution in [2.24, 2.45) is 11.3 Å². The summed E-state index contributed by atoms with van der Waals surface area (Å²) in [6.45, 7) is 11.0. The number of anilines is 2. The van der Waals surface area contributed by atoms with E-state index < -0.39 is 23.6 Å². The number of nitrogens with zero attached hydrogens (tertiary/aromatic N) is 5. The Morgan fingerprint density at radius 2 is 1.76 bits per heavy atom. The van der Waals surface area contributed by atoms with Gasteiger partial charge in [-0.15, -0.1) is 21.5 Å². The Morgan fingerprint density at radius 3 is 2.41 bits per heavy atom. The van der Waals surface area contributed by atoms with Gasteiger partial charge in [0.2, 0.25) is 11.8 Å². The van der Waals surface area contributed by atoms with Crippen molar-refractivity contribution in [1.29, 1.82) is 0 Å². The number of amides is 2. The number of phenolic OH excluding ortho intramolecular Hbond substituents is 1. The molecule has 2 aliphatic rings. The molecule has 54 heavy (non-hydrogen) atoms. The number of nitrogen functional groups attached to an aromatic ring is 1. The summed E-state index contributed by atoms with van der Waals surface area (Å²) < 4.78 is 0. The molecule has 12 nitrogen and oxygen atoms in total. The molecule has 0 radical (unpaired) electrons. The standard InChI is InChI=1S/C41H51N7O5S/c1-24(27-10-12-28(13-11-27)37-25(2)43-23-54-37)18-35(51)32-20-29(49)22-48(32)40(53)38(41(3,4)5)44-36(52)19-26-14-16-47(17-15-26)33-21-31(45-46-39(33)42)30-8-6-7-9-34(30)50/h6-13,21,23-24,26,29,32,38,49-50H,14-20,22H2,1-5H3,(H2,42,46)(H,44,52)/t24-,29-,32+,38-/m1/s1. The zero-order chi connectivity index (χ0) is 38.7. The molecule has 2 aromatic heterocycles. The van der Waals surface area contributed by atoms with E-state index in [1.165, 1.54) is 4.90 Å². The Morgan fingerprint density at radius 1 is 1.06 bits per heavy atom. The van der Waals surface area contributed by atoms with Crippen molar-refractivity contribution < 1.29 is 24.6 Å². The van der Waals surface area contributed by atoms with Crippen LogP contribution in [0.3, 0.4) is 0 Å². The van der Waals surface area contributed by atoms with E-state index >= 15 is 0 Å². The molecule has 0 unspecified atom stereocenters. The monoisotopic (exact) mass is 753 g/mol. The molecule has 2 aromatic carbocycles. The van der Waals surface area contributed by atoms with Gasteiger partial charge in [0.05, 0.1) is 39.6 Å². The van der Waals surface area contributed by atoms with Crippen molar-refractivity contribution in [3.8, 4) is 27.4 Å². The van der Waals surface area contributed by atoms with E-state index in [0.717, 1.165) is 40.2 Å². The van der Waals surface area contributed by atoms with E-state index in [0.29, 0.717) is 30.2 Å². The molecule has 4 atom stereocenters. The van der Waals surface area contributed by atoms with Crippen LogP contribution in [-0.4, -0.2) is 85.7 Å². The zero-order valence-corrected chi connectivity index (χ0v) is 32.5. The SMILES string of the molecule is Cc1ncsc1-c1ccc([C@H](C)CC(=O)[C@@H]2C[C@@H](O)CN2C(=O)[C@@H](NC(=O)CC2CCN(c3cc(-c4ccccc4O)nnc3N)CC2)C(C)(C)C)cc1. The smallest absolute Gasteiger partial charge is 0.246 e. The highest BCUT2D eigenvalue weighted by atomic mass is 32.1. The summed E-state index contributed by atoms with van der Waals surface area (Å²) in [6, 6.07) is 15.3. The first-order chi connectivity index (χ1) is 25.7. The number of rotatable bonds is 11. The summed E-state index contributed by atoms with van der Waals surface area (Å²) in [5.74, 6) is -0.253. The third kappa shape index (κ3) is 8.73. The van der Waals surface area contributed by atoms with Crippen molar-refractivity contribution in [1.82, 2.24) is 25.4 Å². The molecule has 2 aliphatic heterocycles. The van der Waals surface area contributed by atoms with Gasteiger partial charge >= 0.3 is 0 Å².